The molecule has 2 rings (SSSR count). The summed E-state index contributed by atoms with van der Waals surface area (Å²) in [4.78, 5) is 4.55. The maximum Gasteiger partial charge on any atom is 0.0702 e. The van der Waals surface area contributed by atoms with Crippen LogP contribution in [-0.2, 0) is 0 Å². The fraction of sp³-hybridized carbons (Fsp3) is 0.471. The summed E-state index contributed by atoms with van der Waals surface area (Å²) in [5.74, 6) is 0.538. The number of nitrogens with one attached hydrogen (secondary N) is 1. The standard InChI is InChI=1S/C17H24N2/c1-4-9-18-14(3)10-13(2)16-11-15-7-5-6-8-17(15)19-12-16/h5-8,11-14,18H,4,9-10H2,1-3H3. The Morgan fingerprint density at radius 1 is 1.21 bits per heavy atom. The predicted molar refractivity (Wildman–Crippen MR) is 82.5 cm³/mol. The van der Waals surface area contributed by atoms with Gasteiger partial charge in [0.2, 0.25) is 0 Å². The second-order valence-corrected chi connectivity index (χ2v) is 5.45. The van der Waals surface area contributed by atoms with E-state index in [4.69, 9.17) is 0 Å². The molecule has 0 aliphatic carbocycles. The third-order valence-corrected chi connectivity index (χ3v) is 3.63. The van der Waals surface area contributed by atoms with Gasteiger partial charge in [0.15, 0.2) is 0 Å². The van der Waals surface area contributed by atoms with Crippen LogP contribution in [0.5, 0.6) is 0 Å². The summed E-state index contributed by atoms with van der Waals surface area (Å²) in [7, 11) is 0. The third kappa shape index (κ3) is 3.77. The van der Waals surface area contributed by atoms with Gasteiger partial charge in [-0.1, -0.05) is 32.0 Å². The molecule has 0 saturated carbocycles. The van der Waals surface area contributed by atoms with Crippen LogP contribution in [0.15, 0.2) is 36.5 Å². The van der Waals surface area contributed by atoms with E-state index >= 15 is 0 Å². The van der Waals surface area contributed by atoms with Crippen molar-refractivity contribution in [2.75, 3.05) is 6.54 Å². The highest BCUT2D eigenvalue weighted by Crippen LogP contribution is 2.23. The number of nitrogens with zero attached hydrogens (tertiary/aromatic N) is 1. The zero-order valence-electron chi connectivity index (χ0n) is 12.2. The number of fused-ring (bicyclic) bond motifs is 1. The van der Waals surface area contributed by atoms with Crippen LogP contribution in [-0.4, -0.2) is 17.6 Å². The van der Waals surface area contributed by atoms with Gasteiger partial charge in [-0.15, -0.1) is 0 Å². The molecule has 1 aromatic heterocycles. The van der Waals surface area contributed by atoms with Crippen LogP contribution in [0.1, 0.15) is 45.1 Å². The van der Waals surface area contributed by atoms with E-state index in [1.807, 2.05) is 12.3 Å². The molecular weight excluding hydrogens is 232 g/mol. The van der Waals surface area contributed by atoms with E-state index in [2.05, 4.69) is 55.3 Å². The Morgan fingerprint density at radius 2 is 2.00 bits per heavy atom. The van der Waals surface area contributed by atoms with Crippen molar-refractivity contribution in [3.8, 4) is 0 Å². The van der Waals surface area contributed by atoms with Crippen molar-refractivity contribution in [1.82, 2.24) is 10.3 Å². The first-order valence-corrected chi connectivity index (χ1v) is 7.28. The van der Waals surface area contributed by atoms with Crippen molar-refractivity contribution in [3.05, 3.63) is 42.1 Å². The van der Waals surface area contributed by atoms with Gasteiger partial charge >= 0.3 is 0 Å². The van der Waals surface area contributed by atoms with Crippen LogP contribution >= 0.6 is 0 Å². The molecule has 0 aliphatic rings. The molecule has 102 valence electrons. The van der Waals surface area contributed by atoms with Gasteiger partial charge in [-0.2, -0.15) is 0 Å². The van der Waals surface area contributed by atoms with E-state index < -0.39 is 0 Å². The summed E-state index contributed by atoms with van der Waals surface area (Å²) < 4.78 is 0. The quantitative estimate of drug-likeness (QED) is 0.841. The highest BCUT2D eigenvalue weighted by atomic mass is 14.9. The molecule has 2 heteroatoms. The summed E-state index contributed by atoms with van der Waals surface area (Å²) in [5.41, 5.74) is 2.42. The summed E-state index contributed by atoms with van der Waals surface area (Å²) in [5, 5.41) is 4.79. The topological polar surface area (TPSA) is 24.9 Å². The fourth-order valence-electron chi connectivity index (χ4n) is 2.50. The Hall–Kier alpha value is -1.41. The smallest absolute Gasteiger partial charge is 0.0702 e. The van der Waals surface area contributed by atoms with Crippen molar-refractivity contribution in [2.24, 2.45) is 0 Å². The monoisotopic (exact) mass is 256 g/mol. The average molecular weight is 256 g/mol. The Bertz CT molecular complexity index is 521. The third-order valence-electron chi connectivity index (χ3n) is 3.63. The van der Waals surface area contributed by atoms with E-state index in [-0.39, 0.29) is 0 Å². The first-order valence-electron chi connectivity index (χ1n) is 7.28. The Balaban J connectivity index is 2.06. The van der Waals surface area contributed by atoms with Gasteiger partial charge < -0.3 is 5.32 Å². The SMILES string of the molecule is CCCNC(C)CC(C)c1cnc2ccccc2c1. The number of aromatic nitrogens is 1. The molecular formula is C17H24N2. The normalized spacial score (nSPS) is 14.5. The Labute approximate surface area is 116 Å². The maximum atomic E-state index is 4.55. The number of hydrogen-bond acceptors (Lipinski definition) is 2. The molecule has 2 nitrogen and oxygen atoms in total. The summed E-state index contributed by atoms with van der Waals surface area (Å²) >= 11 is 0. The summed E-state index contributed by atoms with van der Waals surface area (Å²) in [6.45, 7) is 7.86. The highest BCUT2D eigenvalue weighted by Gasteiger charge is 2.11. The van der Waals surface area contributed by atoms with E-state index in [9.17, 15) is 0 Å². The minimum Gasteiger partial charge on any atom is -0.314 e. The van der Waals surface area contributed by atoms with Gasteiger partial charge in [-0.05, 0) is 49.9 Å². The fourth-order valence-corrected chi connectivity index (χ4v) is 2.50. The lowest BCUT2D eigenvalue weighted by Crippen LogP contribution is -2.28. The number of pyridine rings is 1. The average Bonchev–Trinajstić information content (AvgIpc) is 2.44. The van der Waals surface area contributed by atoms with Gasteiger partial charge in [-0.25, -0.2) is 0 Å². The highest BCUT2D eigenvalue weighted by molar-refractivity contribution is 5.78. The van der Waals surface area contributed by atoms with E-state index in [1.54, 1.807) is 0 Å². The van der Waals surface area contributed by atoms with E-state index in [0.717, 1.165) is 18.5 Å². The lowest BCUT2D eigenvalue weighted by Gasteiger charge is -2.18. The second kappa shape index (κ2) is 6.67. The van der Waals surface area contributed by atoms with Crippen molar-refractivity contribution in [3.63, 3.8) is 0 Å². The summed E-state index contributed by atoms with van der Waals surface area (Å²) in [6, 6.07) is 11.1. The number of hydrogen-bond donors (Lipinski definition) is 1. The van der Waals surface area contributed by atoms with Crippen LogP contribution in [0.25, 0.3) is 10.9 Å². The largest absolute Gasteiger partial charge is 0.314 e. The molecule has 0 aliphatic heterocycles. The molecule has 0 bridgehead atoms. The molecule has 2 atom stereocenters. The zero-order valence-corrected chi connectivity index (χ0v) is 12.2. The van der Waals surface area contributed by atoms with Crippen LogP contribution in [0.3, 0.4) is 0 Å². The molecule has 1 aromatic carbocycles. The molecule has 2 unspecified atom stereocenters. The van der Waals surface area contributed by atoms with Gasteiger partial charge in [-0.3, -0.25) is 4.98 Å². The van der Waals surface area contributed by atoms with Gasteiger partial charge in [0, 0.05) is 17.6 Å². The molecule has 1 N–H and O–H groups in total. The van der Waals surface area contributed by atoms with E-state index in [0.29, 0.717) is 12.0 Å². The predicted octanol–water partition coefficient (Wildman–Crippen LogP) is 4.12. The molecule has 0 spiro atoms. The first-order chi connectivity index (χ1) is 9.20. The second-order valence-electron chi connectivity index (χ2n) is 5.45. The van der Waals surface area contributed by atoms with Crippen molar-refractivity contribution >= 4 is 10.9 Å². The van der Waals surface area contributed by atoms with Crippen LogP contribution in [0.2, 0.25) is 0 Å². The Morgan fingerprint density at radius 3 is 2.79 bits per heavy atom. The van der Waals surface area contributed by atoms with Crippen molar-refractivity contribution in [1.29, 1.82) is 0 Å². The molecule has 0 amide bonds. The van der Waals surface area contributed by atoms with Gasteiger partial charge in [0.25, 0.3) is 0 Å². The maximum absolute atomic E-state index is 4.55. The van der Waals surface area contributed by atoms with E-state index in [1.165, 1.54) is 17.4 Å². The molecule has 0 fully saturated rings. The molecule has 2 aromatic rings. The van der Waals surface area contributed by atoms with Crippen LogP contribution in [0, 0.1) is 0 Å². The number of rotatable bonds is 6. The van der Waals surface area contributed by atoms with Gasteiger partial charge in [0.1, 0.15) is 0 Å². The molecule has 0 radical (unpaired) electrons. The first kappa shape index (κ1) is 14.0. The van der Waals surface area contributed by atoms with Gasteiger partial charge in [0.05, 0.1) is 5.52 Å². The van der Waals surface area contributed by atoms with Crippen LogP contribution in [0.4, 0.5) is 0 Å². The van der Waals surface area contributed by atoms with Crippen LogP contribution < -0.4 is 5.32 Å². The lowest BCUT2D eigenvalue weighted by atomic mass is 9.95. The minimum atomic E-state index is 0.538. The summed E-state index contributed by atoms with van der Waals surface area (Å²) in [6.07, 6.45) is 4.37. The number of para-hydroxylation sites is 1. The Kier molecular flexibility index (Phi) is 4.92. The van der Waals surface area contributed by atoms with Crippen molar-refractivity contribution < 1.29 is 0 Å². The molecule has 19 heavy (non-hydrogen) atoms. The zero-order chi connectivity index (χ0) is 13.7. The minimum absolute atomic E-state index is 0.538. The molecule has 1 heterocycles. The van der Waals surface area contributed by atoms with Crippen molar-refractivity contribution in [2.45, 2.75) is 45.6 Å². The number of benzene rings is 1. The lowest BCUT2D eigenvalue weighted by molar-refractivity contribution is 0.479. The molecule has 0 saturated heterocycles.